The zero-order valence-electron chi connectivity index (χ0n) is 22.6. The molecule has 1 fully saturated rings. The van der Waals surface area contributed by atoms with Crippen LogP contribution in [0.25, 0.3) is 5.57 Å². The molecule has 1 aromatic heterocycles. The van der Waals surface area contributed by atoms with E-state index in [1.165, 1.54) is 4.68 Å². The highest BCUT2D eigenvalue weighted by atomic mass is 35.5. The van der Waals surface area contributed by atoms with Crippen LogP contribution in [0.15, 0.2) is 24.3 Å². The monoisotopic (exact) mass is 556 g/mol. The second-order valence-corrected chi connectivity index (χ2v) is 12.4. The summed E-state index contributed by atoms with van der Waals surface area (Å²) in [5, 5.41) is 14.6. The van der Waals surface area contributed by atoms with E-state index in [4.69, 9.17) is 21.4 Å². The minimum atomic E-state index is -1.61. The van der Waals surface area contributed by atoms with Gasteiger partial charge in [0.15, 0.2) is 0 Å². The van der Waals surface area contributed by atoms with Crippen molar-refractivity contribution in [3.63, 3.8) is 0 Å². The first kappa shape index (κ1) is 27.6. The summed E-state index contributed by atoms with van der Waals surface area (Å²) in [6, 6.07) is 4.82. The molecule has 5 rings (SSSR count). The summed E-state index contributed by atoms with van der Waals surface area (Å²) in [7, 11) is 0. The number of nitrogens with zero attached hydrogens (tertiary/aromatic N) is 2. The highest BCUT2D eigenvalue weighted by molar-refractivity contribution is 6.34. The van der Waals surface area contributed by atoms with Gasteiger partial charge in [-0.3, -0.25) is 14.4 Å². The van der Waals surface area contributed by atoms with Crippen molar-refractivity contribution in [1.82, 2.24) is 9.78 Å². The maximum absolute atomic E-state index is 15.6. The second-order valence-electron chi connectivity index (χ2n) is 12.0. The van der Waals surface area contributed by atoms with Crippen LogP contribution in [0.2, 0.25) is 5.02 Å². The van der Waals surface area contributed by atoms with E-state index in [0.717, 1.165) is 17.6 Å². The third kappa shape index (κ3) is 5.28. The maximum Gasteiger partial charge on any atom is 0.309 e. The first-order valence-corrected chi connectivity index (χ1v) is 14.0. The van der Waals surface area contributed by atoms with Gasteiger partial charge in [0, 0.05) is 17.5 Å². The number of alkyl halides is 1. The number of rotatable bonds is 5. The van der Waals surface area contributed by atoms with Crippen molar-refractivity contribution < 1.29 is 28.6 Å². The van der Waals surface area contributed by atoms with Crippen LogP contribution in [-0.2, 0) is 32.8 Å². The van der Waals surface area contributed by atoms with Crippen LogP contribution in [0.5, 0.6) is 0 Å². The summed E-state index contributed by atoms with van der Waals surface area (Å²) in [5.41, 5.74) is 1.13. The molecular formula is C30H34ClFN2O5. The number of carboxylic acid groups (broad SMARTS) is 1. The predicted octanol–water partition coefficient (Wildman–Crippen LogP) is 6.29. The van der Waals surface area contributed by atoms with E-state index in [0.29, 0.717) is 56.3 Å². The van der Waals surface area contributed by atoms with Gasteiger partial charge in [0.1, 0.15) is 11.3 Å². The first-order valence-electron chi connectivity index (χ1n) is 13.7. The summed E-state index contributed by atoms with van der Waals surface area (Å²) >= 11 is 6.49. The summed E-state index contributed by atoms with van der Waals surface area (Å²) in [6.07, 6.45) is 6.07. The molecule has 0 saturated heterocycles. The molecule has 2 atom stereocenters. The van der Waals surface area contributed by atoms with Crippen molar-refractivity contribution in [3.8, 4) is 0 Å². The number of allylic oxidation sites excluding steroid dienone is 2. The summed E-state index contributed by atoms with van der Waals surface area (Å²) in [6.45, 7) is 5.53. The van der Waals surface area contributed by atoms with Gasteiger partial charge in [0.25, 0.3) is 5.91 Å². The van der Waals surface area contributed by atoms with Gasteiger partial charge in [-0.05, 0) is 83.8 Å². The van der Waals surface area contributed by atoms with Crippen LogP contribution >= 0.6 is 11.6 Å². The minimum Gasteiger partial charge on any atom is -0.481 e. The molecule has 9 heteroatoms. The molecule has 1 saturated carbocycles. The van der Waals surface area contributed by atoms with E-state index in [1.54, 1.807) is 18.2 Å². The van der Waals surface area contributed by atoms with E-state index >= 15 is 4.39 Å². The number of benzene rings is 1. The molecule has 208 valence electrons. The molecule has 0 spiro atoms. The highest BCUT2D eigenvalue weighted by Crippen LogP contribution is 2.47. The Kier molecular flexibility index (Phi) is 7.20. The van der Waals surface area contributed by atoms with Gasteiger partial charge in [0.05, 0.1) is 33.8 Å². The lowest BCUT2D eigenvalue weighted by atomic mass is 9.75. The lowest BCUT2D eigenvalue weighted by molar-refractivity contribution is -0.160. The van der Waals surface area contributed by atoms with Gasteiger partial charge in [-0.1, -0.05) is 29.8 Å². The number of hydrogen-bond acceptors (Lipinski definition) is 5. The first-order chi connectivity index (χ1) is 18.4. The van der Waals surface area contributed by atoms with E-state index in [2.05, 4.69) is 0 Å². The molecule has 2 aromatic rings. The fourth-order valence-corrected chi connectivity index (χ4v) is 6.13. The standard InChI is InChI=1S/C30H34ClFN2O5/c1-29(2,3)39-28(38)18-10-8-17(9-11-18)25-20-13-12-19(27(36)37)16-23(20)34(33-25)26(35)24-21(6-4-7-22(24)31)30(32)14-5-15-30/h4,6-8,18-19H,5,9-16H2,1-3H3,(H,36,37). The average molecular weight is 557 g/mol. The smallest absolute Gasteiger partial charge is 0.309 e. The Bertz CT molecular complexity index is 1370. The van der Waals surface area contributed by atoms with E-state index in [1.807, 2.05) is 26.8 Å². The Labute approximate surface area is 232 Å². The van der Waals surface area contributed by atoms with Gasteiger partial charge in [0.2, 0.25) is 0 Å². The third-order valence-electron chi connectivity index (χ3n) is 8.13. The van der Waals surface area contributed by atoms with Crippen LogP contribution in [0.3, 0.4) is 0 Å². The Morgan fingerprint density at radius 1 is 1.15 bits per heavy atom. The molecule has 0 aliphatic heterocycles. The molecular weight excluding hydrogens is 523 g/mol. The van der Waals surface area contributed by atoms with Crippen LogP contribution < -0.4 is 0 Å². The molecule has 7 nitrogen and oxygen atoms in total. The molecule has 39 heavy (non-hydrogen) atoms. The Hall–Kier alpha value is -3.00. The largest absolute Gasteiger partial charge is 0.481 e. The van der Waals surface area contributed by atoms with Gasteiger partial charge in [-0.15, -0.1) is 0 Å². The Morgan fingerprint density at radius 2 is 1.87 bits per heavy atom. The lowest BCUT2D eigenvalue weighted by Crippen LogP contribution is -2.33. The van der Waals surface area contributed by atoms with Crippen LogP contribution in [-0.4, -0.2) is 38.3 Å². The fourth-order valence-electron chi connectivity index (χ4n) is 5.87. The van der Waals surface area contributed by atoms with Crippen molar-refractivity contribution in [2.24, 2.45) is 11.8 Å². The predicted molar refractivity (Wildman–Crippen MR) is 144 cm³/mol. The molecule has 3 aliphatic carbocycles. The zero-order valence-corrected chi connectivity index (χ0v) is 23.3. The number of ether oxygens (including phenoxy) is 1. The molecule has 0 amide bonds. The van der Waals surface area contributed by atoms with Gasteiger partial charge in [-0.25, -0.2) is 4.39 Å². The quantitative estimate of drug-likeness (QED) is 0.435. The molecule has 3 aliphatic rings. The molecule has 1 N–H and O–H groups in total. The van der Waals surface area contributed by atoms with E-state index in [9.17, 15) is 19.5 Å². The number of esters is 1. The number of fused-ring (bicyclic) bond motifs is 1. The second kappa shape index (κ2) is 10.2. The average Bonchev–Trinajstić information content (AvgIpc) is 3.24. The van der Waals surface area contributed by atoms with Gasteiger partial charge < -0.3 is 9.84 Å². The van der Waals surface area contributed by atoms with Gasteiger partial charge in [-0.2, -0.15) is 9.78 Å². The lowest BCUT2D eigenvalue weighted by Gasteiger charge is -2.35. The number of carboxylic acids is 1. The van der Waals surface area contributed by atoms with Crippen molar-refractivity contribution in [3.05, 3.63) is 57.4 Å². The normalized spacial score (nSPS) is 22.3. The molecule has 1 aromatic carbocycles. The third-order valence-corrected chi connectivity index (χ3v) is 8.44. The topological polar surface area (TPSA) is 98.5 Å². The number of halogens is 2. The van der Waals surface area contributed by atoms with Crippen molar-refractivity contribution in [1.29, 1.82) is 0 Å². The summed E-state index contributed by atoms with van der Waals surface area (Å²) in [4.78, 5) is 38.5. The Morgan fingerprint density at radius 3 is 2.46 bits per heavy atom. The summed E-state index contributed by atoms with van der Waals surface area (Å²) in [5.74, 6) is -2.59. The van der Waals surface area contributed by atoms with Crippen molar-refractivity contribution >= 4 is 35.0 Å². The highest BCUT2D eigenvalue weighted by Gasteiger charge is 2.43. The van der Waals surface area contributed by atoms with Crippen LogP contribution in [0, 0.1) is 11.8 Å². The molecule has 0 radical (unpaired) electrons. The number of hydrogen-bond donors (Lipinski definition) is 1. The van der Waals surface area contributed by atoms with Crippen LogP contribution in [0.4, 0.5) is 4.39 Å². The van der Waals surface area contributed by atoms with E-state index in [-0.39, 0.29) is 34.5 Å². The number of aromatic nitrogens is 2. The fraction of sp³-hybridized carbons (Fsp3) is 0.533. The molecule has 1 heterocycles. The van der Waals surface area contributed by atoms with Crippen molar-refractivity contribution in [2.75, 3.05) is 0 Å². The zero-order chi connectivity index (χ0) is 28.1. The Balaban J connectivity index is 1.53. The number of carbonyl (C=O) groups is 3. The SMILES string of the molecule is CC(C)(C)OC(=O)C1CC=C(c2nn(C(=O)c3c(Cl)cccc3C3(F)CCC3)c3c2CCC(C(=O)O)C3)CC1. The van der Waals surface area contributed by atoms with Crippen LogP contribution in [0.1, 0.15) is 98.6 Å². The van der Waals surface area contributed by atoms with Crippen molar-refractivity contribution in [2.45, 2.75) is 89.8 Å². The number of aliphatic carboxylic acids is 1. The molecule has 2 unspecified atom stereocenters. The van der Waals surface area contributed by atoms with Gasteiger partial charge >= 0.3 is 11.9 Å². The molecule has 0 bridgehead atoms. The van der Waals surface area contributed by atoms with E-state index < -0.39 is 29.1 Å². The number of carbonyl (C=O) groups excluding carboxylic acids is 2. The summed E-state index contributed by atoms with van der Waals surface area (Å²) < 4.78 is 22.4. The maximum atomic E-state index is 15.6. The minimum absolute atomic E-state index is 0.0817.